The van der Waals surface area contributed by atoms with Crippen molar-refractivity contribution in [3.8, 4) is 0 Å². The van der Waals surface area contributed by atoms with E-state index in [0.717, 1.165) is 12.8 Å². The molecule has 0 bridgehead atoms. The third kappa shape index (κ3) is 5.17. The molecule has 0 atom stereocenters. The molecule has 2 aromatic rings. The quantitative estimate of drug-likeness (QED) is 0.806. The van der Waals surface area contributed by atoms with Crippen LogP contribution in [0.4, 0.5) is 5.69 Å². The molecule has 0 spiro atoms. The normalized spacial score (nSPS) is 13.5. The molecule has 2 N–H and O–H groups in total. The summed E-state index contributed by atoms with van der Waals surface area (Å²) >= 11 is 0. The largest absolute Gasteiger partial charge is 0.349 e. The second-order valence-electron chi connectivity index (χ2n) is 6.98. The predicted molar refractivity (Wildman–Crippen MR) is 103 cm³/mol. The van der Waals surface area contributed by atoms with Gasteiger partial charge in [-0.25, -0.2) is 0 Å². The molecule has 136 valence electrons. The highest BCUT2D eigenvalue weighted by atomic mass is 16.2. The molecule has 3 rings (SSSR count). The number of aryl methyl sites for hydroxylation is 1. The van der Waals surface area contributed by atoms with Crippen molar-refractivity contribution in [1.29, 1.82) is 0 Å². The summed E-state index contributed by atoms with van der Waals surface area (Å²) in [6.45, 7) is 3.07. The summed E-state index contributed by atoms with van der Waals surface area (Å²) in [5, 5.41) is 5.83. The Morgan fingerprint density at radius 2 is 1.88 bits per heavy atom. The lowest BCUT2D eigenvalue weighted by atomic mass is 10.1. The van der Waals surface area contributed by atoms with E-state index in [1.165, 1.54) is 11.1 Å². The maximum absolute atomic E-state index is 12.3. The number of carbonyl (C=O) groups is 2. The van der Waals surface area contributed by atoms with Gasteiger partial charge in [-0.15, -0.1) is 0 Å². The third-order valence-corrected chi connectivity index (χ3v) is 4.44. The van der Waals surface area contributed by atoms with Crippen LogP contribution in [0.25, 0.3) is 0 Å². The Kier molecular flexibility index (Phi) is 5.68. The molecule has 2 amide bonds. The van der Waals surface area contributed by atoms with Gasteiger partial charge in [0.25, 0.3) is 5.91 Å². The Morgan fingerprint density at radius 1 is 1.12 bits per heavy atom. The van der Waals surface area contributed by atoms with Gasteiger partial charge in [0.2, 0.25) is 5.91 Å². The molecule has 0 radical (unpaired) electrons. The first-order valence-electron chi connectivity index (χ1n) is 8.95. The SMILES string of the molecule is Cc1ccccc1CN(C)CC(=O)Nc1cccc(C(=O)NC2CC2)c1. The Balaban J connectivity index is 1.54. The molecule has 5 heteroatoms. The standard InChI is InChI=1S/C21H25N3O2/c1-15-6-3-4-7-17(15)13-24(2)14-20(25)22-19-9-5-8-16(12-19)21(26)23-18-10-11-18/h3-9,12,18H,10-11,13-14H2,1-2H3,(H,22,25)(H,23,26). The third-order valence-electron chi connectivity index (χ3n) is 4.44. The highest BCUT2D eigenvalue weighted by molar-refractivity contribution is 5.97. The zero-order valence-electron chi connectivity index (χ0n) is 15.3. The van der Waals surface area contributed by atoms with Crippen LogP contribution in [0.1, 0.15) is 34.3 Å². The number of rotatable bonds is 7. The number of hydrogen-bond donors (Lipinski definition) is 2. The van der Waals surface area contributed by atoms with Gasteiger partial charge in [-0.1, -0.05) is 30.3 Å². The van der Waals surface area contributed by atoms with Crippen molar-refractivity contribution in [3.05, 3.63) is 65.2 Å². The number of benzene rings is 2. The van der Waals surface area contributed by atoms with Crippen molar-refractivity contribution in [1.82, 2.24) is 10.2 Å². The lowest BCUT2D eigenvalue weighted by Gasteiger charge is -2.17. The molecule has 5 nitrogen and oxygen atoms in total. The molecular formula is C21H25N3O2. The summed E-state index contributed by atoms with van der Waals surface area (Å²) < 4.78 is 0. The fourth-order valence-electron chi connectivity index (χ4n) is 2.81. The predicted octanol–water partition coefficient (Wildman–Crippen LogP) is 2.96. The molecule has 1 aliphatic carbocycles. The molecule has 0 aliphatic heterocycles. The summed E-state index contributed by atoms with van der Waals surface area (Å²) in [4.78, 5) is 26.4. The van der Waals surface area contributed by atoms with Gasteiger partial charge in [-0.2, -0.15) is 0 Å². The molecule has 0 heterocycles. The summed E-state index contributed by atoms with van der Waals surface area (Å²) in [7, 11) is 1.92. The zero-order valence-corrected chi connectivity index (χ0v) is 15.3. The monoisotopic (exact) mass is 351 g/mol. The highest BCUT2D eigenvalue weighted by Gasteiger charge is 2.23. The summed E-state index contributed by atoms with van der Waals surface area (Å²) in [5.41, 5.74) is 3.64. The van der Waals surface area contributed by atoms with Gasteiger partial charge >= 0.3 is 0 Å². The van der Waals surface area contributed by atoms with E-state index >= 15 is 0 Å². The van der Waals surface area contributed by atoms with Crippen molar-refractivity contribution >= 4 is 17.5 Å². The number of likely N-dealkylation sites (N-methyl/N-ethyl adjacent to an activating group) is 1. The number of amides is 2. The minimum atomic E-state index is -0.0964. The number of nitrogens with one attached hydrogen (secondary N) is 2. The van der Waals surface area contributed by atoms with Crippen LogP contribution < -0.4 is 10.6 Å². The average molecular weight is 351 g/mol. The Bertz CT molecular complexity index is 799. The summed E-state index contributed by atoms with van der Waals surface area (Å²) in [6, 6.07) is 15.5. The minimum Gasteiger partial charge on any atom is -0.349 e. The maximum atomic E-state index is 12.3. The van der Waals surface area contributed by atoms with E-state index in [4.69, 9.17) is 0 Å². The van der Waals surface area contributed by atoms with Gasteiger partial charge < -0.3 is 10.6 Å². The van der Waals surface area contributed by atoms with Crippen LogP contribution in [-0.2, 0) is 11.3 Å². The molecule has 1 fully saturated rings. The van der Waals surface area contributed by atoms with Gasteiger partial charge in [0.15, 0.2) is 0 Å². The van der Waals surface area contributed by atoms with Crippen molar-refractivity contribution in [2.45, 2.75) is 32.4 Å². The number of nitrogens with zero attached hydrogens (tertiary/aromatic N) is 1. The van der Waals surface area contributed by atoms with E-state index in [2.05, 4.69) is 29.7 Å². The molecule has 26 heavy (non-hydrogen) atoms. The smallest absolute Gasteiger partial charge is 0.251 e. The van der Waals surface area contributed by atoms with Gasteiger partial charge in [-0.3, -0.25) is 14.5 Å². The highest BCUT2D eigenvalue weighted by Crippen LogP contribution is 2.20. The maximum Gasteiger partial charge on any atom is 0.251 e. The van der Waals surface area contributed by atoms with Gasteiger partial charge in [0.05, 0.1) is 6.54 Å². The van der Waals surface area contributed by atoms with E-state index in [1.54, 1.807) is 24.3 Å². The van der Waals surface area contributed by atoms with E-state index in [9.17, 15) is 9.59 Å². The molecule has 1 aliphatic rings. The molecule has 0 unspecified atom stereocenters. The van der Waals surface area contributed by atoms with Crippen LogP contribution >= 0.6 is 0 Å². The van der Waals surface area contributed by atoms with Crippen LogP contribution in [0.5, 0.6) is 0 Å². The second-order valence-corrected chi connectivity index (χ2v) is 6.98. The number of anilines is 1. The van der Waals surface area contributed by atoms with Crippen LogP contribution in [0.3, 0.4) is 0 Å². The van der Waals surface area contributed by atoms with E-state index in [-0.39, 0.29) is 18.4 Å². The van der Waals surface area contributed by atoms with Crippen molar-refractivity contribution in [3.63, 3.8) is 0 Å². The Hall–Kier alpha value is -2.66. The molecular weight excluding hydrogens is 326 g/mol. The molecule has 2 aromatic carbocycles. The van der Waals surface area contributed by atoms with E-state index in [1.807, 2.05) is 24.1 Å². The van der Waals surface area contributed by atoms with Crippen molar-refractivity contribution < 1.29 is 9.59 Å². The van der Waals surface area contributed by atoms with Crippen LogP contribution in [-0.4, -0.2) is 36.3 Å². The van der Waals surface area contributed by atoms with Crippen LogP contribution in [0.15, 0.2) is 48.5 Å². The fraction of sp³-hybridized carbons (Fsp3) is 0.333. The Morgan fingerprint density at radius 3 is 2.62 bits per heavy atom. The average Bonchev–Trinajstić information content (AvgIpc) is 3.41. The van der Waals surface area contributed by atoms with Crippen LogP contribution in [0.2, 0.25) is 0 Å². The first kappa shape index (κ1) is 18.1. The second kappa shape index (κ2) is 8.15. The number of hydrogen-bond acceptors (Lipinski definition) is 3. The van der Waals surface area contributed by atoms with Gasteiger partial charge in [0.1, 0.15) is 0 Å². The topological polar surface area (TPSA) is 61.4 Å². The first-order chi connectivity index (χ1) is 12.5. The number of carbonyl (C=O) groups excluding carboxylic acids is 2. The van der Waals surface area contributed by atoms with Crippen molar-refractivity contribution in [2.24, 2.45) is 0 Å². The lowest BCUT2D eigenvalue weighted by molar-refractivity contribution is -0.117. The zero-order chi connectivity index (χ0) is 18.5. The minimum absolute atomic E-state index is 0.0831. The molecule has 0 saturated heterocycles. The van der Waals surface area contributed by atoms with E-state index < -0.39 is 0 Å². The molecule has 1 saturated carbocycles. The Labute approximate surface area is 154 Å². The van der Waals surface area contributed by atoms with Gasteiger partial charge in [0, 0.05) is 23.8 Å². The molecule has 0 aromatic heterocycles. The van der Waals surface area contributed by atoms with Crippen LogP contribution in [0, 0.1) is 6.92 Å². The fourth-order valence-corrected chi connectivity index (χ4v) is 2.81. The first-order valence-corrected chi connectivity index (χ1v) is 8.95. The summed E-state index contributed by atoms with van der Waals surface area (Å²) in [5.74, 6) is -0.180. The summed E-state index contributed by atoms with van der Waals surface area (Å²) in [6.07, 6.45) is 2.10. The van der Waals surface area contributed by atoms with Crippen molar-refractivity contribution in [2.75, 3.05) is 18.9 Å². The van der Waals surface area contributed by atoms with E-state index in [0.29, 0.717) is 23.8 Å². The lowest BCUT2D eigenvalue weighted by Crippen LogP contribution is -2.30. The van der Waals surface area contributed by atoms with Gasteiger partial charge in [-0.05, 0) is 56.1 Å².